The fourth-order valence-corrected chi connectivity index (χ4v) is 1.34. The third-order valence-electron chi connectivity index (χ3n) is 2.01. The molecule has 1 unspecified atom stereocenters. The Morgan fingerprint density at radius 2 is 2.00 bits per heavy atom. The van der Waals surface area contributed by atoms with Crippen molar-refractivity contribution in [3.63, 3.8) is 0 Å². The van der Waals surface area contributed by atoms with E-state index in [0.29, 0.717) is 12.7 Å². The van der Waals surface area contributed by atoms with E-state index in [2.05, 4.69) is 0 Å². The van der Waals surface area contributed by atoms with Crippen LogP contribution in [-0.4, -0.2) is 12.2 Å². The molecule has 0 N–H and O–H groups in total. The van der Waals surface area contributed by atoms with Gasteiger partial charge in [0.1, 0.15) is 6.29 Å². The lowest BCUT2D eigenvalue weighted by atomic mass is 9.91. The van der Waals surface area contributed by atoms with Crippen LogP contribution in [0.2, 0.25) is 0 Å². The zero-order chi connectivity index (χ0) is 7.83. The van der Waals surface area contributed by atoms with Crippen LogP contribution < -0.4 is 0 Å². The Labute approximate surface area is 58.4 Å². The van der Waals surface area contributed by atoms with E-state index in [1.165, 1.54) is 0 Å². The molecule has 10 heavy (non-hydrogen) atoms. The number of carbonyl (C=O) groups excluding carboxylic acids is 1. The second-order valence-corrected chi connectivity index (χ2v) is 3.30. The first kappa shape index (κ1) is 7.63. The van der Waals surface area contributed by atoms with Crippen LogP contribution in [0.5, 0.6) is 0 Å². The molecule has 0 bridgehead atoms. The van der Waals surface area contributed by atoms with Gasteiger partial charge in [0.25, 0.3) is 0 Å². The van der Waals surface area contributed by atoms with Crippen LogP contribution in [0.4, 0.5) is 8.78 Å². The maximum Gasteiger partial charge on any atom is 0.249 e. The maximum absolute atomic E-state index is 12.5. The third kappa shape index (κ3) is 1.33. The SMILES string of the molecule is CC1(C=O)CCC(F)(F)C1. The summed E-state index contributed by atoms with van der Waals surface area (Å²) >= 11 is 0. The molecular weight excluding hydrogens is 138 g/mol. The highest BCUT2D eigenvalue weighted by Crippen LogP contribution is 2.45. The Morgan fingerprint density at radius 1 is 1.40 bits per heavy atom. The molecule has 3 heteroatoms. The summed E-state index contributed by atoms with van der Waals surface area (Å²) in [6, 6.07) is 0. The van der Waals surface area contributed by atoms with Crippen molar-refractivity contribution in [1.29, 1.82) is 0 Å². The number of hydrogen-bond donors (Lipinski definition) is 0. The van der Waals surface area contributed by atoms with Crippen molar-refractivity contribution in [3.05, 3.63) is 0 Å². The van der Waals surface area contributed by atoms with Gasteiger partial charge in [0.2, 0.25) is 5.92 Å². The largest absolute Gasteiger partial charge is 0.303 e. The van der Waals surface area contributed by atoms with Crippen molar-refractivity contribution < 1.29 is 13.6 Å². The predicted molar refractivity (Wildman–Crippen MR) is 33.0 cm³/mol. The quantitative estimate of drug-likeness (QED) is 0.520. The van der Waals surface area contributed by atoms with Crippen LogP contribution in [-0.2, 0) is 4.79 Å². The fraction of sp³-hybridized carbons (Fsp3) is 0.857. The molecule has 0 radical (unpaired) electrons. The summed E-state index contributed by atoms with van der Waals surface area (Å²) in [5.74, 6) is -2.60. The second kappa shape index (κ2) is 2.01. The molecule has 0 aromatic carbocycles. The molecule has 0 aromatic rings. The van der Waals surface area contributed by atoms with Gasteiger partial charge in [-0.15, -0.1) is 0 Å². The molecule has 0 heterocycles. The Morgan fingerprint density at radius 3 is 2.20 bits per heavy atom. The topological polar surface area (TPSA) is 17.1 Å². The summed E-state index contributed by atoms with van der Waals surface area (Å²) in [5, 5.41) is 0. The lowest BCUT2D eigenvalue weighted by Crippen LogP contribution is -2.17. The summed E-state index contributed by atoms with van der Waals surface area (Å²) in [5.41, 5.74) is -0.760. The summed E-state index contributed by atoms with van der Waals surface area (Å²) in [6.07, 6.45) is 0.559. The van der Waals surface area contributed by atoms with Gasteiger partial charge in [0.15, 0.2) is 0 Å². The summed E-state index contributed by atoms with van der Waals surface area (Å²) < 4.78 is 24.9. The smallest absolute Gasteiger partial charge is 0.249 e. The van der Waals surface area contributed by atoms with Gasteiger partial charge >= 0.3 is 0 Å². The van der Waals surface area contributed by atoms with E-state index >= 15 is 0 Å². The molecule has 1 aliphatic rings. The molecule has 58 valence electrons. The lowest BCUT2D eigenvalue weighted by molar-refractivity contribution is -0.116. The Bertz CT molecular complexity index is 156. The van der Waals surface area contributed by atoms with E-state index in [0.717, 1.165) is 0 Å². The van der Waals surface area contributed by atoms with E-state index in [4.69, 9.17) is 0 Å². The van der Waals surface area contributed by atoms with Crippen molar-refractivity contribution in [3.8, 4) is 0 Å². The second-order valence-electron chi connectivity index (χ2n) is 3.30. The number of rotatable bonds is 1. The van der Waals surface area contributed by atoms with Gasteiger partial charge in [-0.2, -0.15) is 0 Å². The van der Waals surface area contributed by atoms with Crippen molar-refractivity contribution in [2.24, 2.45) is 5.41 Å². The summed E-state index contributed by atoms with van der Waals surface area (Å²) in [4.78, 5) is 10.3. The average molecular weight is 148 g/mol. The minimum Gasteiger partial charge on any atom is -0.303 e. The van der Waals surface area contributed by atoms with Crippen LogP contribution in [0.15, 0.2) is 0 Å². The molecule has 0 saturated heterocycles. The van der Waals surface area contributed by atoms with Crippen LogP contribution in [0.1, 0.15) is 26.2 Å². The van der Waals surface area contributed by atoms with Crippen molar-refractivity contribution in [1.82, 2.24) is 0 Å². The first-order valence-electron chi connectivity index (χ1n) is 3.32. The van der Waals surface area contributed by atoms with Crippen LogP contribution >= 0.6 is 0 Å². The number of carbonyl (C=O) groups is 1. The van der Waals surface area contributed by atoms with Gasteiger partial charge in [0, 0.05) is 18.3 Å². The summed E-state index contributed by atoms with van der Waals surface area (Å²) in [6.45, 7) is 1.58. The van der Waals surface area contributed by atoms with E-state index < -0.39 is 11.3 Å². The van der Waals surface area contributed by atoms with E-state index in [9.17, 15) is 13.6 Å². The molecule has 0 amide bonds. The van der Waals surface area contributed by atoms with Crippen molar-refractivity contribution >= 4 is 6.29 Å². The molecular formula is C7H10F2O. The van der Waals surface area contributed by atoms with Crippen molar-refractivity contribution in [2.75, 3.05) is 0 Å². The monoisotopic (exact) mass is 148 g/mol. The molecule has 1 atom stereocenters. The molecule has 1 rings (SSSR count). The van der Waals surface area contributed by atoms with E-state index in [1.807, 2.05) is 0 Å². The number of hydrogen-bond acceptors (Lipinski definition) is 1. The van der Waals surface area contributed by atoms with Gasteiger partial charge in [-0.3, -0.25) is 0 Å². The van der Waals surface area contributed by atoms with Gasteiger partial charge in [-0.25, -0.2) is 8.78 Å². The minimum absolute atomic E-state index is 0.137. The third-order valence-corrected chi connectivity index (χ3v) is 2.01. The Kier molecular flexibility index (Phi) is 1.53. The number of alkyl halides is 2. The standard InChI is InChI=1S/C7H10F2O/c1-6(5-10)2-3-7(8,9)4-6/h5H,2-4H2,1H3. The van der Waals surface area contributed by atoms with Crippen molar-refractivity contribution in [2.45, 2.75) is 32.1 Å². The highest BCUT2D eigenvalue weighted by atomic mass is 19.3. The molecule has 1 saturated carbocycles. The van der Waals surface area contributed by atoms with Gasteiger partial charge in [-0.05, 0) is 6.42 Å². The molecule has 0 aliphatic heterocycles. The zero-order valence-electron chi connectivity index (χ0n) is 5.86. The highest BCUT2D eigenvalue weighted by molar-refractivity contribution is 5.59. The lowest BCUT2D eigenvalue weighted by Gasteiger charge is -2.14. The van der Waals surface area contributed by atoms with Crippen LogP contribution in [0, 0.1) is 5.41 Å². The zero-order valence-corrected chi connectivity index (χ0v) is 5.86. The van der Waals surface area contributed by atoms with Gasteiger partial charge in [-0.1, -0.05) is 6.92 Å². The first-order chi connectivity index (χ1) is 4.47. The molecule has 1 nitrogen and oxygen atoms in total. The van der Waals surface area contributed by atoms with Gasteiger partial charge < -0.3 is 4.79 Å². The molecule has 0 spiro atoms. The van der Waals surface area contributed by atoms with Crippen LogP contribution in [0.25, 0.3) is 0 Å². The highest BCUT2D eigenvalue weighted by Gasteiger charge is 2.46. The first-order valence-corrected chi connectivity index (χ1v) is 3.32. The average Bonchev–Trinajstić information content (AvgIpc) is 2.08. The minimum atomic E-state index is -2.60. The van der Waals surface area contributed by atoms with Crippen LogP contribution in [0.3, 0.4) is 0 Å². The van der Waals surface area contributed by atoms with E-state index in [1.54, 1.807) is 6.92 Å². The molecule has 1 aliphatic carbocycles. The maximum atomic E-state index is 12.5. The number of halogens is 2. The van der Waals surface area contributed by atoms with Gasteiger partial charge in [0.05, 0.1) is 0 Å². The fourth-order valence-electron chi connectivity index (χ4n) is 1.34. The Balaban J connectivity index is 2.66. The molecule has 0 aromatic heterocycles. The normalized spacial score (nSPS) is 37.9. The summed E-state index contributed by atoms with van der Waals surface area (Å²) in [7, 11) is 0. The molecule has 1 fully saturated rings. The predicted octanol–water partition coefficient (Wildman–Crippen LogP) is 2.01. The van der Waals surface area contributed by atoms with E-state index in [-0.39, 0.29) is 12.8 Å². The Hall–Kier alpha value is -0.470. The number of aldehydes is 1.